The molecule has 9 nitrogen and oxygen atoms in total. The highest BCUT2D eigenvalue weighted by Gasteiger charge is 2.28. The van der Waals surface area contributed by atoms with E-state index in [1.165, 1.54) is 0 Å². The lowest BCUT2D eigenvalue weighted by Crippen LogP contribution is -2.40. The van der Waals surface area contributed by atoms with E-state index < -0.39 is 0 Å². The molecule has 4 rings (SSSR count). The Morgan fingerprint density at radius 1 is 1.40 bits per heavy atom. The summed E-state index contributed by atoms with van der Waals surface area (Å²) in [4.78, 5) is 11.4. The van der Waals surface area contributed by atoms with Crippen molar-refractivity contribution in [3.8, 4) is 0 Å². The zero-order chi connectivity index (χ0) is 17.2. The lowest BCUT2D eigenvalue weighted by atomic mass is 10.2. The highest BCUT2D eigenvalue weighted by atomic mass is 32.1. The Kier molecular flexibility index (Phi) is 4.55. The van der Waals surface area contributed by atoms with Gasteiger partial charge in [-0.05, 0) is 28.8 Å². The van der Waals surface area contributed by atoms with Crippen LogP contribution in [0.2, 0.25) is 0 Å². The molecule has 1 saturated heterocycles. The highest BCUT2D eigenvalue weighted by molar-refractivity contribution is 7.17. The van der Waals surface area contributed by atoms with E-state index in [0.29, 0.717) is 26.3 Å². The maximum Gasteiger partial charge on any atom is 0.182 e. The molecule has 132 valence electrons. The van der Waals surface area contributed by atoms with Crippen molar-refractivity contribution in [2.45, 2.75) is 19.6 Å². The molecular weight excluding hydrogens is 342 g/mol. The van der Waals surface area contributed by atoms with Crippen LogP contribution in [0.1, 0.15) is 17.8 Å². The van der Waals surface area contributed by atoms with Gasteiger partial charge < -0.3 is 14.4 Å². The fourth-order valence-corrected chi connectivity index (χ4v) is 3.80. The van der Waals surface area contributed by atoms with E-state index >= 15 is 0 Å². The molecule has 0 saturated carbocycles. The van der Waals surface area contributed by atoms with Crippen molar-refractivity contribution in [2.75, 3.05) is 38.3 Å². The van der Waals surface area contributed by atoms with E-state index in [-0.39, 0.29) is 6.10 Å². The van der Waals surface area contributed by atoms with Gasteiger partial charge >= 0.3 is 0 Å². The fourth-order valence-electron chi connectivity index (χ4n) is 2.95. The monoisotopic (exact) mass is 361 g/mol. The first-order chi connectivity index (χ1) is 12.3. The van der Waals surface area contributed by atoms with Gasteiger partial charge in [0.05, 0.1) is 36.5 Å². The molecular formula is C15H19N7O2S. The lowest BCUT2D eigenvalue weighted by molar-refractivity contribution is 0.0298. The summed E-state index contributed by atoms with van der Waals surface area (Å²) in [6.07, 6.45) is -0.203. The number of hydrogen-bond acceptors (Lipinski definition) is 9. The summed E-state index contributed by atoms with van der Waals surface area (Å²) in [5.41, 5.74) is 0.987. The number of fused-ring (bicyclic) bond motifs is 1. The van der Waals surface area contributed by atoms with Crippen LogP contribution in [-0.2, 0) is 16.0 Å². The topological polar surface area (TPSA) is 91.1 Å². The second-order valence-electron chi connectivity index (χ2n) is 5.79. The number of aromatic nitrogens is 6. The van der Waals surface area contributed by atoms with Gasteiger partial charge in [-0.25, -0.2) is 14.6 Å². The third-order valence-corrected chi connectivity index (χ3v) is 5.02. The van der Waals surface area contributed by atoms with Crippen LogP contribution in [0.5, 0.6) is 0 Å². The summed E-state index contributed by atoms with van der Waals surface area (Å²) < 4.78 is 13.9. The molecule has 0 bridgehead atoms. The third-order valence-electron chi connectivity index (χ3n) is 4.12. The van der Waals surface area contributed by atoms with E-state index in [9.17, 15) is 0 Å². The molecule has 1 unspecified atom stereocenters. The number of nitrogens with zero attached hydrogens (tertiary/aromatic N) is 7. The van der Waals surface area contributed by atoms with Crippen LogP contribution in [0.3, 0.4) is 0 Å². The van der Waals surface area contributed by atoms with E-state index in [4.69, 9.17) is 9.47 Å². The summed E-state index contributed by atoms with van der Waals surface area (Å²) in [5.74, 6) is 2.45. The number of tetrazole rings is 1. The molecule has 3 aromatic heterocycles. The molecule has 10 heteroatoms. The van der Waals surface area contributed by atoms with Crippen molar-refractivity contribution < 1.29 is 9.47 Å². The Hall–Kier alpha value is -2.17. The van der Waals surface area contributed by atoms with Crippen LogP contribution in [-0.4, -0.2) is 63.6 Å². The minimum Gasteiger partial charge on any atom is -0.383 e. The molecule has 0 aliphatic carbocycles. The average molecular weight is 361 g/mol. The Morgan fingerprint density at radius 3 is 3.20 bits per heavy atom. The molecule has 0 N–H and O–H groups in total. The normalized spacial score (nSPS) is 18.2. The molecule has 4 heterocycles. The van der Waals surface area contributed by atoms with Crippen molar-refractivity contribution >= 4 is 27.4 Å². The minimum atomic E-state index is -0.203. The molecule has 0 aromatic carbocycles. The fraction of sp³-hybridized carbons (Fsp3) is 0.533. The quantitative estimate of drug-likeness (QED) is 0.670. The van der Waals surface area contributed by atoms with Gasteiger partial charge in [0.2, 0.25) is 0 Å². The summed E-state index contributed by atoms with van der Waals surface area (Å²) >= 11 is 1.66. The molecule has 0 spiro atoms. The molecule has 1 fully saturated rings. The Morgan fingerprint density at radius 2 is 2.32 bits per heavy atom. The number of methoxy groups -OCH3 is 1. The Balaban J connectivity index is 1.61. The number of morpholine rings is 1. The first-order valence-electron chi connectivity index (χ1n) is 8.09. The number of ether oxygens (including phenoxy) is 2. The van der Waals surface area contributed by atoms with Gasteiger partial charge in [0.25, 0.3) is 0 Å². The van der Waals surface area contributed by atoms with Crippen molar-refractivity contribution in [3.05, 3.63) is 23.1 Å². The van der Waals surface area contributed by atoms with Crippen LogP contribution in [0, 0.1) is 6.92 Å². The summed E-state index contributed by atoms with van der Waals surface area (Å²) in [7, 11) is 1.66. The first-order valence-corrected chi connectivity index (χ1v) is 8.97. The van der Waals surface area contributed by atoms with Gasteiger partial charge in [-0.15, -0.1) is 16.4 Å². The molecule has 1 aliphatic heterocycles. The maximum atomic E-state index is 5.93. The number of hydrogen-bond donors (Lipinski definition) is 0. The van der Waals surface area contributed by atoms with E-state index in [2.05, 4.69) is 30.4 Å². The van der Waals surface area contributed by atoms with Gasteiger partial charge in [-0.1, -0.05) is 0 Å². The van der Waals surface area contributed by atoms with Crippen LogP contribution in [0.25, 0.3) is 10.2 Å². The zero-order valence-corrected chi connectivity index (χ0v) is 14.9. The average Bonchev–Trinajstić information content (AvgIpc) is 3.28. The van der Waals surface area contributed by atoms with Gasteiger partial charge in [0.1, 0.15) is 11.9 Å². The number of thiophene rings is 1. The second-order valence-corrected chi connectivity index (χ2v) is 6.70. The largest absolute Gasteiger partial charge is 0.383 e. The van der Waals surface area contributed by atoms with Crippen molar-refractivity contribution in [2.24, 2.45) is 0 Å². The van der Waals surface area contributed by atoms with E-state index in [1.54, 1.807) is 23.1 Å². The van der Waals surface area contributed by atoms with E-state index in [1.807, 2.05) is 18.4 Å². The summed E-state index contributed by atoms with van der Waals surface area (Å²) in [6.45, 7) is 5.09. The first kappa shape index (κ1) is 16.3. The summed E-state index contributed by atoms with van der Waals surface area (Å²) in [5, 5.41) is 14.0. The minimum absolute atomic E-state index is 0.203. The standard InChI is InChI=1S/C15H19N7O2S/c1-10-16-11-3-8-25-13(11)15(17-10)21-4-7-24-12(9-21)14-18-19-20-22(14)5-6-23-2/h3,8,12H,4-7,9H2,1-2H3. The molecule has 1 aliphatic rings. The van der Waals surface area contributed by atoms with Gasteiger partial charge in [-0.3, -0.25) is 0 Å². The lowest BCUT2D eigenvalue weighted by Gasteiger charge is -2.33. The smallest absolute Gasteiger partial charge is 0.182 e. The zero-order valence-electron chi connectivity index (χ0n) is 14.1. The molecule has 0 amide bonds. The Bertz CT molecular complexity index is 865. The summed E-state index contributed by atoms with van der Waals surface area (Å²) in [6, 6.07) is 2.03. The van der Waals surface area contributed by atoms with Crippen molar-refractivity contribution in [1.82, 2.24) is 30.2 Å². The molecule has 0 radical (unpaired) electrons. The van der Waals surface area contributed by atoms with Crippen molar-refractivity contribution in [3.63, 3.8) is 0 Å². The predicted molar refractivity (Wildman–Crippen MR) is 92.8 cm³/mol. The van der Waals surface area contributed by atoms with E-state index in [0.717, 1.165) is 34.2 Å². The van der Waals surface area contributed by atoms with Crippen molar-refractivity contribution in [1.29, 1.82) is 0 Å². The van der Waals surface area contributed by atoms with Crippen LogP contribution in [0.4, 0.5) is 5.82 Å². The van der Waals surface area contributed by atoms with Gasteiger partial charge in [0.15, 0.2) is 11.6 Å². The van der Waals surface area contributed by atoms with Crippen LogP contribution < -0.4 is 4.90 Å². The molecule has 25 heavy (non-hydrogen) atoms. The number of rotatable bonds is 5. The van der Waals surface area contributed by atoms with Crippen LogP contribution >= 0.6 is 11.3 Å². The Labute approximate surface area is 148 Å². The maximum absolute atomic E-state index is 5.93. The van der Waals surface area contributed by atoms with Gasteiger partial charge in [-0.2, -0.15) is 0 Å². The number of anilines is 1. The number of aryl methyl sites for hydroxylation is 1. The SMILES string of the molecule is COCCn1nnnc1C1CN(c2nc(C)nc3ccsc23)CCO1. The highest BCUT2D eigenvalue weighted by Crippen LogP contribution is 2.31. The van der Waals surface area contributed by atoms with Crippen LogP contribution in [0.15, 0.2) is 11.4 Å². The predicted octanol–water partition coefficient (Wildman–Crippen LogP) is 1.21. The second kappa shape index (κ2) is 6.98. The molecule has 3 aromatic rings. The van der Waals surface area contributed by atoms with Gasteiger partial charge in [0, 0.05) is 13.7 Å². The third kappa shape index (κ3) is 3.20. The molecule has 1 atom stereocenters.